The number of hydrogen-bond donors (Lipinski definition) is 2. The Kier molecular flexibility index (Phi) is 5.45. The highest BCUT2D eigenvalue weighted by molar-refractivity contribution is 7.18. The Hall–Kier alpha value is -1.74. The number of nitrogens with one attached hydrogen (secondary N) is 1. The first kappa shape index (κ1) is 15.6. The molecule has 1 amide bonds. The number of piperidine rings is 1. The molecule has 1 aromatic heterocycles. The van der Waals surface area contributed by atoms with E-state index < -0.39 is 0 Å². The minimum absolute atomic E-state index is 0.218. The Labute approximate surface area is 129 Å². The van der Waals surface area contributed by atoms with Crippen molar-refractivity contribution in [1.29, 1.82) is 0 Å². The predicted octanol–water partition coefficient (Wildman–Crippen LogP) is 2.25. The fraction of sp³-hybridized carbons (Fsp3) is 0.600. The van der Waals surface area contributed by atoms with Crippen LogP contribution in [0.3, 0.4) is 0 Å². The molecule has 6 heteroatoms. The molecule has 1 fully saturated rings. The van der Waals surface area contributed by atoms with E-state index in [0.717, 1.165) is 43.9 Å². The Bertz CT molecular complexity index is 528. The summed E-state index contributed by atoms with van der Waals surface area (Å²) in [5.74, 6) is 2.67. The number of carbonyl (C=O) groups is 1. The van der Waals surface area contributed by atoms with Crippen molar-refractivity contribution in [2.75, 3.05) is 23.7 Å². The molecular weight excluding hydrogens is 284 g/mol. The van der Waals surface area contributed by atoms with Crippen LogP contribution in [0.2, 0.25) is 0 Å². The zero-order valence-electron chi connectivity index (χ0n) is 12.4. The smallest absolute Gasteiger partial charge is 0.266 e. The lowest BCUT2D eigenvalue weighted by Crippen LogP contribution is -2.33. The second-order valence-electron chi connectivity index (χ2n) is 5.24. The summed E-state index contributed by atoms with van der Waals surface area (Å²) in [6.45, 7) is 4.00. The van der Waals surface area contributed by atoms with E-state index in [1.54, 1.807) is 0 Å². The van der Waals surface area contributed by atoms with Crippen LogP contribution in [0, 0.1) is 12.3 Å². The van der Waals surface area contributed by atoms with E-state index in [2.05, 4.69) is 21.1 Å². The van der Waals surface area contributed by atoms with E-state index in [-0.39, 0.29) is 11.9 Å². The van der Waals surface area contributed by atoms with Crippen molar-refractivity contribution in [2.45, 2.75) is 45.1 Å². The van der Waals surface area contributed by atoms with Crippen molar-refractivity contribution in [2.24, 2.45) is 0 Å². The number of aromatic nitrogens is 1. The average molecular weight is 306 g/mol. The zero-order chi connectivity index (χ0) is 15.2. The van der Waals surface area contributed by atoms with Crippen LogP contribution in [0.25, 0.3) is 0 Å². The van der Waals surface area contributed by atoms with E-state index in [9.17, 15) is 4.79 Å². The minimum Gasteiger partial charge on any atom is -0.382 e. The van der Waals surface area contributed by atoms with Gasteiger partial charge in [0.25, 0.3) is 5.91 Å². The first-order chi connectivity index (χ1) is 10.2. The molecule has 21 heavy (non-hydrogen) atoms. The molecule has 0 aromatic carbocycles. The molecule has 0 saturated carbocycles. The Morgan fingerprint density at radius 3 is 2.86 bits per heavy atom. The molecule has 114 valence electrons. The van der Waals surface area contributed by atoms with E-state index in [4.69, 9.17) is 12.2 Å². The largest absolute Gasteiger partial charge is 0.382 e. The molecule has 2 heterocycles. The third-order valence-electron chi connectivity index (χ3n) is 3.56. The second kappa shape index (κ2) is 7.32. The normalized spacial score (nSPS) is 16.3. The van der Waals surface area contributed by atoms with Crippen LogP contribution in [0.4, 0.5) is 10.9 Å². The summed E-state index contributed by atoms with van der Waals surface area (Å²) in [7, 11) is 0. The van der Waals surface area contributed by atoms with Crippen molar-refractivity contribution in [3.8, 4) is 12.3 Å². The lowest BCUT2D eigenvalue weighted by Gasteiger charge is -2.25. The molecular formula is C15H22N4OS. The molecule has 1 saturated heterocycles. The lowest BCUT2D eigenvalue weighted by atomic mass is 10.1. The van der Waals surface area contributed by atoms with Crippen LogP contribution in [-0.2, 0) is 0 Å². The van der Waals surface area contributed by atoms with Crippen LogP contribution >= 0.6 is 11.3 Å². The van der Waals surface area contributed by atoms with Gasteiger partial charge in [0.1, 0.15) is 10.7 Å². The van der Waals surface area contributed by atoms with Crippen molar-refractivity contribution in [3.05, 3.63) is 4.88 Å². The van der Waals surface area contributed by atoms with Gasteiger partial charge in [0.15, 0.2) is 5.13 Å². The molecule has 1 unspecified atom stereocenters. The van der Waals surface area contributed by atoms with Gasteiger partial charge in [-0.05, 0) is 25.7 Å². The van der Waals surface area contributed by atoms with Gasteiger partial charge in [0, 0.05) is 13.1 Å². The van der Waals surface area contributed by atoms with Gasteiger partial charge in [-0.2, -0.15) is 0 Å². The van der Waals surface area contributed by atoms with Crippen LogP contribution in [0.1, 0.15) is 48.7 Å². The average Bonchev–Trinajstić information content (AvgIpc) is 2.89. The van der Waals surface area contributed by atoms with Gasteiger partial charge in [0.2, 0.25) is 0 Å². The van der Waals surface area contributed by atoms with Gasteiger partial charge >= 0.3 is 0 Å². The molecule has 1 aliphatic heterocycles. The summed E-state index contributed by atoms with van der Waals surface area (Å²) in [6.07, 6.45) is 10.7. The molecule has 0 radical (unpaired) electrons. The van der Waals surface area contributed by atoms with Crippen molar-refractivity contribution in [3.63, 3.8) is 0 Å². The maximum atomic E-state index is 12.3. The minimum atomic E-state index is -0.248. The number of nitrogen functional groups attached to an aromatic ring is 1. The summed E-state index contributed by atoms with van der Waals surface area (Å²) in [6, 6.07) is -0.248. The maximum Gasteiger partial charge on any atom is 0.266 e. The van der Waals surface area contributed by atoms with Gasteiger partial charge in [0.05, 0.1) is 6.04 Å². The molecule has 3 N–H and O–H groups in total. The van der Waals surface area contributed by atoms with E-state index in [0.29, 0.717) is 10.7 Å². The highest BCUT2D eigenvalue weighted by Gasteiger charge is 2.22. The number of nitrogens with zero attached hydrogens (tertiary/aromatic N) is 2. The number of carbonyl (C=O) groups excluding carboxylic acids is 1. The highest BCUT2D eigenvalue weighted by atomic mass is 32.1. The first-order valence-corrected chi connectivity index (χ1v) is 8.25. The van der Waals surface area contributed by atoms with Gasteiger partial charge in [-0.1, -0.05) is 30.6 Å². The highest BCUT2D eigenvalue weighted by Crippen LogP contribution is 2.30. The second-order valence-corrected chi connectivity index (χ2v) is 6.22. The SMILES string of the molecule is C#CC(CCC)NC(=O)c1sc(N2CCCCC2)nc1N. The number of terminal acetylenes is 1. The van der Waals surface area contributed by atoms with Gasteiger partial charge in [-0.25, -0.2) is 4.98 Å². The fourth-order valence-electron chi connectivity index (χ4n) is 2.41. The molecule has 1 atom stereocenters. The number of thiazole rings is 1. The van der Waals surface area contributed by atoms with Crippen molar-refractivity contribution in [1.82, 2.24) is 10.3 Å². The van der Waals surface area contributed by atoms with Crippen LogP contribution in [0.5, 0.6) is 0 Å². The number of rotatable bonds is 5. The lowest BCUT2D eigenvalue weighted by molar-refractivity contribution is 0.0949. The Balaban J connectivity index is 2.07. The molecule has 2 rings (SSSR count). The molecule has 1 aromatic rings. The van der Waals surface area contributed by atoms with Gasteiger partial charge in [-0.3, -0.25) is 4.79 Å². The summed E-state index contributed by atoms with van der Waals surface area (Å²) < 4.78 is 0. The summed E-state index contributed by atoms with van der Waals surface area (Å²) >= 11 is 1.35. The third kappa shape index (κ3) is 3.88. The van der Waals surface area contributed by atoms with Crippen molar-refractivity contribution < 1.29 is 4.79 Å². The quantitative estimate of drug-likeness (QED) is 0.819. The van der Waals surface area contributed by atoms with Crippen LogP contribution in [-0.4, -0.2) is 30.0 Å². The number of hydrogen-bond acceptors (Lipinski definition) is 5. The molecule has 5 nitrogen and oxygen atoms in total. The maximum absolute atomic E-state index is 12.3. The van der Waals surface area contributed by atoms with Gasteiger partial charge < -0.3 is 16.0 Å². The predicted molar refractivity (Wildman–Crippen MR) is 87.6 cm³/mol. The summed E-state index contributed by atoms with van der Waals surface area (Å²) in [4.78, 5) is 19.3. The van der Waals surface area contributed by atoms with E-state index in [1.165, 1.54) is 17.8 Å². The molecule has 0 bridgehead atoms. The number of anilines is 2. The zero-order valence-corrected chi connectivity index (χ0v) is 13.2. The van der Waals surface area contributed by atoms with E-state index in [1.807, 2.05) is 6.92 Å². The molecule has 1 aliphatic rings. The summed E-state index contributed by atoms with van der Waals surface area (Å²) in [5.41, 5.74) is 5.90. The fourth-order valence-corrected chi connectivity index (χ4v) is 3.35. The van der Waals surface area contributed by atoms with E-state index >= 15 is 0 Å². The first-order valence-electron chi connectivity index (χ1n) is 7.44. The third-order valence-corrected chi connectivity index (χ3v) is 4.69. The van der Waals surface area contributed by atoms with Crippen LogP contribution in [0.15, 0.2) is 0 Å². The summed E-state index contributed by atoms with van der Waals surface area (Å²) in [5, 5.41) is 3.68. The number of nitrogens with two attached hydrogens (primary N) is 1. The number of amides is 1. The van der Waals surface area contributed by atoms with Crippen LogP contribution < -0.4 is 16.0 Å². The monoisotopic (exact) mass is 306 g/mol. The topological polar surface area (TPSA) is 71.2 Å². The van der Waals surface area contributed by atoms with Crippen molar-refractivity contribution >= 4 is 28.2 Å². The van der Waals surface area contributed by atoms with Gasteiger partial charge in [-0.15, -0.1) is 6.42 Å². The standard InChI is InChI=1S/C15H22N4OS/c1-3-8-11(4-2)17-14(20)12-13(16)18-15(21-12)19-9-6-5-7-10-19/h2,11H,3,5-10,16H2,1H3,(H,17,20). The molecule has 0 spiro atoms. The Morgan fingerprint density at radius 1 is 1.52 bits per heavy atom. The molecule has 0 aliphatic carbocycles. The Morgan fingerprint density at radius 2 is 2.24 bits per heavy atom.